The molecule has 0 aliphatic carbocycles. The molecule has 0 spiro atoms. The van der Waals surface area contributed by atoms with Crippen LogP contribution in [0.4, 0.5) is 4.79 Å². The summed E-state index contributed by atoms with van der Waals surface area (Å²) in [6.07, 6.45) is -0.355. The summed E-state index contributed by atoms with van der Waals surface area (Å²) >= 11 is 0. The molecular formula is C16H16O3. The van der Waals surface area contributed by atoms with Gasteiger partial charge >= 0.3 is 6.16 Å². The van der Waals surface area contributed by atoms with E-state index in [1.54, 1.807) is 6.07 Å². The average Bonchev–Trinajstić information content (AvgIpc) is 2.40. The molecule has 0 fully saturated rings. The Morgan fingerprint density at radius 1 is 1.21 bits per heavy atom. The highest BCUT2D eigenvalue weighted by Crippen LogP contribution is 2.31. The number of hydrogen-bond acceptors (Lipinski definition) is 2. The monoisotopic (exact) mass is 256 g/mol. The van der Waals surface area contributed by atoms with E-state index in [9.17, 15) is 4.79 Å². The summed E-state index contributed by atoms with van der Waals surface area (Å²) in [7, 11) is 0. The molecule has 19 heavy (non-hydrogen) atoms. The van der Waals surface area contributed by atoms with Gasteiger partial charge in [0, 0.05) is 5.56 Å². The zero-order valence-electron chi connectivity index (χ0n) is 11.0. The van der Waals surface area contributed by atoms with Gasteiger partial charge in [0.05, 0.1) is 0 Å². The van der Waals surface area contributed by atoms with Crippen LogP contribution in [0.1, 0.15) is 18.1 Å². The maximum atomic E-state index is 10.7. The van der Waals surface area contributed by atoms with E-state index in [1.165, 1.54) is 5.56 Å². The van der Waals surface area contributed by atoms with Gasteiger partial charge in [-0.1, -0.05) is 42.8 Å². The van der Waals surface area contributed by atoms with E-state index in [2.05, 4.69) is 19.1 Å². The van der Waals surface area contributed by atoms with E-state index in [0.717, 1.165) is 23.1 Å². The van der Waals surface area contributed by atoms with Gasteiger partial charge in [0.2, 0.25) is 0 Å². The summed E-state index contributed by atoms with van der Waals surface area (Å²) in [5, 5.41) is 8.79. The highest BCUT2D eigenvalue weighted by molar-refractivity contribution is 5.75. The molecule has 0 saturated heterocycles. The second-order valence-electron chi connectivity index (χ2n) is 4.42. The molecule has 98 valence electrons. The Morgan fingerprint density at radius 3 is 2.68 bits per heavy atom. The lowest BCUT2D eigenvalue weighted by Gasteiger charge is -2.10. The van der Waals surface area contributed by atoms with E-state index in [-0.39, 0.29) is 0 Å². The Bertz CT molecular complexity index is 603. The molecule has 3 heteroatoms. The zero-order chi connectivity index (χ0) is 13.8. The highest BCUT2D eigenvalue weighted by atomic mass is 16.7. The quantitative estimate of drug-likeness (QED) is 0.658. The van der Waals surface area contributed by atoms with Crippen molar-refractivity contribution in [3.05, 3.63) is 53.6 Å². The second kappa shape index (κ2) is 5.57. The van der Waals surface area contributed by atoms with Crippen molar-refractivity contribution in [1.82, 2.24) is 0 Å². The van der Waals surface area contributed by atoms with Crippen LogP contribution >= 0.6 is 0 Å². The molecule has 0 aromatic heterocycles. The van der Waals surface area contributed by atoms with Crippen LogP contribution in [0.5, 0.6) is 5.75 Å². The largest absolute Gasteiger partial charge is 0.511 e. The van der Waals surface area contributed by atoms with Gasteiger partial charge < -0.3 is 9.84 Å². The first kappa shape index (κ1) is 13.1. The van der Waals surface area contributed by atoms with E-state index in [1.807, 2.05) is 31.2 Å². The molecule has 0 heterocycles. The third-order valence-corrected chi connectivity index (χ3v) is 2.98. The minimum atomic E-state index is -1.29. The van der Waals surface area contributed by atoms with Gasteiger partial charge in [0.15, 0.2) is 0 Å². The molecule has 0 saturated carbocycles. The smallest absolute Gasteiger partial charge is 0.449 e. The van der Waals surface area contributed by atoms with Gasteiger partial charge in [0.25, 0.3) is 0 Å². The Balaban J connectivity index is 2.52. The van der Waals surface area contributed by atoms with E-state index < -0.39 is 6.16 Å². The van der Waals surface area contributed by atoms with Gasteiger partial charge in [-0.05, 0) is 36.6 Å². The lowest BCUT2D eigenvalue weighted by Crippen LogP contribution is -2.04. The van der Waals surface area contributed by atoms with E-state index >= 15 is 0 Å². The van der Waals surface area contributed by atoms with Crippen LogP contribution in [0.25, 0.3) is 11.1 Å². The lowest BCUT2D eigenvalue weighted by atomic mass is 9.99. The van der Waals surface area contributed by atoms with Crippen molar-refractivity contribution in [2.75, 3.05) is 0 Å². The fourth-order valence-electron chi connectivity index (χ4n) is 2.01. The minimum Gasteiger partial charge on any atom is -0.449 e. The molecule has 0 radical (unpaired) electrons. The third kappa shape index (κ3) is 3.13. The fourth-order valence-corrected chi connectivity index (χ4v) is 2.01. The topological polar surface area (TPSA) is 46.5 Å². The molecule has 1 N–H and O–H groups in total. The molecule has 0 unspecified atom stereocenters. The van der Waals surface area contributed by atoms with E-state index in [4.69, 9.17) is 9.84 Å². The molecule has 0 atom stereocenters. The van der Waals surface area contributed by atoms with Gasteiger partial charge in [-0.25, -0.2) is 4.79 Å². The standard InChI is InChI=1S/C16H16O3/c1-3-12-5-4-6-13(10-12)14-9-11(2)7-8-15(14)19-16(17)18/h4-10H,3H2,1-2H3,(H,17,18). The Morgan fingerprint density at radius 2 is 2.00 bits per heavy atom. The SMILES string of the molecule is CCc1cccc(-c2cc(C)ccc2OC(=O)O)c1. The Kier molecular flexibility index (Phi) is 3.85. The number of carbonyl (C=O) groups is 1. The molecular weight excluding hydrogens is 240 g/mol. The summed E-state index contributed by atoms with van der Waals surface area (Å²) in [5.41, 5.74) is 4.05. The van der Waals surface area contributed by atoms with Crippen molar-refractivity contribution in [2.24, 2.45) is 0 Å². The normalized spacial score (nSPS) is 10.2. The van der Waals surface area contributed by atoms with Crippen LogP contribution in [0.2, 0.25) is 0 Å². The van der Waals surface area contributed by atoms with Gasteiger partial charge in [-0.15, -0.1) is 0 Å². The summed E-state index contributed by atoms with van der Waals surface area (Å²) in [6.45, 7) is 4.06. The first-order chi connectivity index (χ1) is 9.10. The van der Waals surface area contributed by atoms with Crippen molar-refractivity contribution in [1.29, 1.82) is 0 Å². The van der Waals surface area contributed by atoms with Crippen LogP contribution in [0, 0.1) is 6.92 Å². The summed E-state index contributed by atoms with van der Waals surface area (Å²) in [6, 6.07) is 13.5. The number of rotatable bonds is 3. The molecule has 3 nitrogen and oxygen atoms in total. The van der Waals surface area contributed by atoms with Crippen LogP contribution in [-0.2, 0) is 6.42 Å². The Hall–Kier alpha value is -2.29. The molecule has 0 bridgehead atoms. The Labute approximate surface area is 112 Å². The van der Waals surface area contributed by atoms with Crippen molar-refractivity contribution in [3.63, 3.8) is 0 Å². The summed E-state index contributed by atoms with van der Waals surface area (Å²) in [5.74, 6) is 0.367. The van der Waals surface area contributed by atoms with Crippen molar-refractivity contribution < 1.29 is 14.6 Å². The van der Waals surface area contributed by atoms with Crippen LogP contribution in [0.15, 0.2) is 42.5 Å². The molecule has 0 aliphatic rings. The molecule has 2 aromatic rings. The van der Waals surface area contributed by atoms with E-state index in [0.29, 0.717) is 5.75 Å². The van der Waals surface area contributed by atoms with Crippen LogP contribution in [-0.4, -0.2) is 11.3 Å². The number of hydrogen-bond donors (Lipinski definition) is 1. The van der Waals surface area contributed by atoms with Gasteiger partial charge in [0.1, 0.15) is 5.75 Å². The first-order valence-electron chi connectivity index (χ1n) is 6.21. The van der Waals surface area contributed by atoms with Crippen LogP contribution in [0.3, 0.4) is 0 Å². The molecule has 0 amide bonds. The van der Waals surface area contributed by atoms with Crippen molar-refractivity contribution in [2.45, 2.75) is 20.3 Å². The van der Waals surface area contributed by atoms with Crippen molar-refractivity contribution in [3.8, 4) is 16.9 Å². The number of aryl methyl sites for hydroxylation is 2. The maximum Gasteiger partial charge on any atom is 0.511 e. The van der Waals surface area contributed by atoms with Gasteiger partial charge in [-0.2, -0.15) is 0 Å². The highest BCUT2D eigenvalue weighted by Gasteiger charge is 2.10. The predicted octanol–water partition coefficient (Wildman–Crippen LogP) is 4.28. The first-order valence-corrected chi connectivity index (χ1v) is 6.21. The van der Waals surface area contributed by atoms with Crippen LogP contribution < -0.4 is 4.74 Å². The number of ether oxygens (including phenoxy) is 1. The third-order valence-electron chi connectivity index (χ3n) is 2.98. The average molecular weight is 256 g/mol. The van der Waals surface area contributed by atoms with Crippen molar-refractivity contribution >= 4 is 6.16 Å². The second-order valence-corrected chi connectivity index (χ2v) is 4.42. The molecule has 2 aromatic carbocycles. The zero-order valence-corrected chi connectivity index (χ0v) is 11.0. The number of benzene rings is 2. The van der Waals surface area contributed by atoms with Gasteiger partial charge in [-0.3, -0.25) is 0 Å². The molecule has 0 aliphatic heterocycles. The minimum absolute atomic E-state index is 0.367. The number of carboxylic acid groups (broad SMARTS) is 1. The molecule has 2 rings (SSSR count). The fraction of sp³-hybridized carbons (Fsp3) is 0.188. The maximum absolute atomic E-state index is 10.7. The predicted molar refractivity (Wildman–Crippen MR) is 74.6 cm³/mol. The summed E-state index contributed by atoms with van der Waals surface area (Å²) in [4.78, 5) is 10.7. The summed E-state index contributed by atoms with van der Waals surface area (Å²) < 4.78 is 4.84. The lowest BCUT2D eigenvalue weighted by molar-refractivity contribution is 0.144.